The Morgan fingerprint density at radius 1 is 0.455 bits per heavy atom. The SMILES string of the molecule is Oc1ccc([C@@H]2c3c(O)cc(O)cc3[C@H]3[C@H](c4ccccc4)c4c(O)cc(O)cc4[C@@H]23)cc1. The topological polar surface area (TPSA) is 101 Å². The normalized spacial score (nSPS) is 22.5. The zero-order valence-corrected chi connectivity index (χ0v) is 17.6. The van der Waals surface area contributed by atoms with Crippen LogP contribution in [0.2, 0.25) is 0 Å². The van der Waals surface area contributed by atoms with Gasteiger partial charge in [0.15, 0.2) is 0 Å². The molecule has 6 rings (SSSR count). The van der Waals surface area contributed by atoms with Gasteiger partial charge in [-0.05, 0) is 46.5 Å². The molecule has 0 aromatic heterocycles. The molecule has 0 aliphatic heterocycles. The fourth-order valence-corrected chi connectivity index (χ4v) is 6.13. The molecule has 164 valence electrons. The number of phenolic OH excluding ortho intramolecular Hbond substituents is 5. The van der Waals surface area contributed by atoms with E-state index in [0.717, 1.165) is 33.4 Å². The maximum Gasteiger partial charge on any atom is 0.123 e. The first kappa shape index (κ1) is 19.6. The highest BCUT2D eigenvalue weighted by Crippen LogP contribution is 2.69. The quantitative estimate of drug-likeness (QED) is 0.290. The lowest BCUT2D eigenvalue weighted by molar-refractivity contribution is 0.443. The first-order valence-electron chi connectivity index (χ1n) is 10.9. The number of phenols is 5. The Morgan fingerprint density at radius 3 is 1.39 bits per heavy atom. The van der Waals surface area contributed by atoms with Crippen molar-refractivity contribution in [3.05, 3.63) is 112 Å². The van der Waals surface area contributed by atoms with Crippen LogP contribution in [-0.4, -0.2) is 25.5 Å². The van der Waals surface area contributed by atoms with E-state index in [0.29, 0.717) is 0 Å². The molecule has 2 aliphatic rings. The maximum atomic E-state index is 11.0. The van der Waals surface area contributed by atoms with Crippen LogP contribution in [-0.2, 0) is 0 Å². The lowest BCUT2D eigenvalue weighted by atomic mass is 9.79. The number of benzene rings is 4. The number of rotatable bonds is 2. The van der Waals surface area contributed by atoms with Crippen LogP contribution < -0.4 is 0 Å². The highest BCUT2D eigenvalue weighted by atomic mass is 16.3. The molecule has 4 aromatic carbocycles. The second kappa shape index (κ2) is 6.94. The lowest BCUT2D eigenvalue weighted by Crippen LogP contribution is -2.10. The fraction of sp³-hybridized carbons (Fsp3) is 0.143. The van der Waals surface area contributed by atoms with Crippen LogP contribution in [0.4, 0.5) is 0 Å². The van der Waals surface area contributed by atoms with Crippen molar-refractivity contribution < 1.29 is 25.5 Å². The predicted octanol–water partition coefficient (Wildman–Crippen LogP) is 5.37. The van der Waals surface area contributed by atoms with Gasteiger partial charge in [0.25, 0.3) is 0 Å². The van der Waals surface area contributed by atoms with Gasteiger partial charge >= 0.3 is 0 Å². The van der Waals surface area contributed by atoms with Crippen LogP contribution in [0, 0.1) is 0 Å². The minimum Gasteiger partial charge on any atom is -0.508 e. The summed E-state index contributed by atoms with van der Waals surface area (Å²) in [4.78, 5) is 0. The van der Waals surface area contributed by atoms with Crippen molar-refractivity contribution in [1.82, 2.24) is 0 Å². The van der Waals surface area contributed by atoms with Crippen molar-refractivity contribution in [2.75, 3.05) is 0 Å². The van der Waals surface area contributed by atoms with Crippen molar-refractivity contribution in [1.29, 1.82) is 0 Å². The smallest absolute Gasteiger partial charge is 0.123 e. The van der Waals surface area contributed by atoms with Crippen molar-refractivity contribution in [3.8, 4) is 28.7 Å². The third-order valence-corrected chi connectivity index (χ3v) is 7.21. The third kappa shape index (κ3) is 2.79. The van der Waals surface area contributed by atoms with E-state index >= 15 is 0 Å². The van der Waals surface area contributed by atoms with Gasteiger partial charge in [0.1, 0.15) is 28.7 Å². The first-order valence-corrected chi connectivity index (χ1v) is 10.9. The van der Waals surface area contributed by atoms with E-state index in [1.165, 1.54) is 12.1 Å². The van der Waals surface area contributed by atoms with Crippen molar-refractivity contribution in [2.45, 2.75) is 23.7 Å². The standard InChI is InChI=1S/C28H22O5/c29-16-8-6-15(7-9-16)24-26-20(11-18(31)13-22(26)33)27-23(14-4-2-1-3-5-14)25-19(28(24)27)10-17(30)12-21(25)32/h1-13,23-24,27-33H/t23-,24-,27+,28+/m1/s1. The molecule has 0 bridgehead atoms. The molecule has 0 saturated heterocycles. The molecule has 2 aliphatic carbocycles. The first-order chi connectivity index (χ1) is 15.9. The van der Waals surface area contributed by atoms with E-state index in [2.05, 4.69) is 0 Å². The Morgan fingerprint density at radius 2 is 0.909 bits per heavy atom. The van der Waals surface area contributed by atoms with Crippen LogP contribution in [0.15, 0.2) is 78.9 Å². The number of hydrogen-bond acceptors (Lipinski definition) is 5. The summed E-state index contributed by atoms with van der Waals surface area (Å²) >= 11 is 0. The van der Waals surface area contributed by atoms with Crippen LogP contribution in [0.5, 0.6) is 28.7 Å². The van der Waals surface area contributed by atoms with Gasteiger partial charge in [-0.15, -0.1) is 0 Å². The monoisotopic (exact) mass is 438 g/mol. The average molecular weight is 438 g/mol. The van der Waals surface area contributed by atoms with E-state index in [1.54, 1.807) is 24.3 Å². The molecular weight excluding hydrogens is 416 g/mol. The summed E-state index contributed by atoms with van der Waals surface area (Å²) in [6, 6.07) is 22.9. The number of aromatic hydroxyl groups is 5. The molecule has 0 saturated carbocycles. The highest BCUT2D eigenvalue weighted by molar-refractivity contribution is 5.68. The van der Waals surface area contributed by atoms with Gasteiger partial charge in [0, 0.05) is 46.9 Å². The van der Waals surface area contributed by atoms with Gasteiger partial charge in [-0.3, -0.25) is 0 Å². The average Bonchev–Trinajstić information content (AvgIpc) is 3.29. The largest absolute Gasteiger partial charge is 0.508 e. The Labute approximate surface area is 190 Å². The highest BCUT2D eigenvalue weighted by Gasteiger charge is 2.54. The van der Waals surface area contributed by atoms with Gasteiger partial charge in [-0.2, -0.15) is 0 Å². The summed E-state index contributed by atoms with van der Waals surface area (Å²) in [5.41, 5.74) is 5.02. The summed E-state index contributed by atoms with van der Waals surface area (Å²) in [6.45, 7) is 0. The molecule has 5 heteroatoms. The third-order valence-electron chi connectivity index (χ3n) is 7.21. The number of fused-ring (bicyclic) bond motifs is 5. The molecule has 0 radical (unpaired) electrons. The molecule has 4 aromatic rings. The van der Waals surface area contributed by atoms with Gasteiger partial charge in [0.2, 0.25) is 0 Å². The second-order valence-electron chi connectivity index (χ2n) is 8.94. The van der Waals surface area contributed by atoms with Crippen LogP contribution in [0.25, 0.3) is 0 Å². The van der Waals surface area contributed by atoms with Gasteiger partial charge < -0.3 is 25.5 Å². The van der Waals surface area contributed by atoms with Gasteiger partial charge in [0.05, 0.1) is 0 Å². The van der Waals surface area contributed by atoms with E-state index in [-0.39, 0.29) is 52.4 Å². The minimum atomic E-state index is -0.292. The molecule has 0 heterocycles. The van der Waals surface area contributed by atoms with Gasteiger partial charge in [-0.1, -0.05) is 42.5 Å². The molecule has 0 spiro atoms. The van der Waals surface area contributed by atoms with E-state index < -0.39 is 0 Å². The molecule has 33 heavy (non-hydrogen) atoms. The Bertz CT molecular complexity index is 1380. The lowest BCUT2D eigenvalue weighted by Gasteiger charge is -2.23. The second-order valence-corrected chi connectivity index (χ2v) is 8.94. The molecular formula is C28H22O5. The summed E-state index contributed by atoms with van der Waals surface area (Å²) in [5, 5.41) is 52.5. The Hall–Kier alpha value is -4.12. The van der Waals surface area contributed by atoms with E-state index in [4.69, 9.17) is 0 Å². The Kier molecular flexibility index (Phi) is 4.11. The van der Waals surface area contributed by atoms with E-state index in [9.17, 15) is 25.5 Å². The zero-order chi connectivity index (χ0) is 22.9. The minimum absolute atomic E-state index is 0.00946. The molecule has 0 fully saturated rings. The zero-order valence-electron chi connectivity index (χ0n) is 17.6. The Balaban J connectivity index is 1.68. The van der Waals surface area contributed by atoms with E-state index in [1.807, 2.05) is 42.5 Å². The molecule has 4 atom stereocenters. The summed E-state index contributed by atoms with van der Waals surface area (Å²) < 4.78 is 0. The van der Waals surface area contributed by atoms with Crippen molar-refractivity contribution >= 4 is 0 Å². The maximum absolute atomic E-state index is 11.0. The molecule has 5 N–H and O–H groups in total. The summed E-state index contributed by atoms with van der Waals surface area (Å²) in [6.07, 6.45) is 0. The van der Waals surface area contributed by atoms with Gasteiger partial charge in [-0.25, -0.2) is 0 Å². The summed E-state index contributed by atoms with van der Waals surface area (Å²) in [5.74, 6) is -0.755. The van der Waals surface area contributed by atoms with Crippen LogP contribution >= 0.6 is 0 Å². The molecule has 0 amide bonds. The fourth-order valence-electron chi connectivity index (χ4n) is 6.13. The molecule has 0 unspecified atom stereocenters. The molecule has 5 nitrogen and oxygen atoms in total. The predicted molar refractivity (Wildman–Crippen MR) is 123 cm³/mol. The van der Waals surface area contributed by atoms with Crippen LogP contribution in [0.1, 0.15) is 57.1 Å². The van der Waals surface area contributed by atoms with Crippen LogP contribution in [0.3, 0.4) is 0 Å². The van der Waals surface area contributed by atoms with Crippen molar-refractivity contribution in [3.63, 3.8) is 0 Å². The number of hydrogen-bond donors (Lipinski definition) is 5. The summed E-state index contributed by atoms with van der Waals surface area (Å²) in [7, 11) is 0. The van der Waals surface area contributed by atoms with Crippen molar-refractivity contribution in [2.24, 2.45) is 0 Å².